The lowest BCUT2D eigenvalue weighted by Crippen LogP contribution is -2.40. The number of rotatable bonds is 8. The number of pyridine rings is 2. The zero-order valence-electron chi connectivity index (χ0n) is 22.5. The van der Waals surface area contributed by atoms with Gasteiger partial charge in [-0.1, -0.05) is 27.7 Å². The third kappa shape index (κ3) is 6.29. The number of piperidine rings is 2. The number of hydrogen-bond acceptors (Lipinski definition) is 6. The molecule has 2 fully saturated rings. The topological polar surface area (TPSA) is 107 Å². The van der Waals surface area contributed by atoms with Gasteiger partial charge in [0.1, 0.15) is 0 Å². The summed E-state index contributed by atoms with van der Waals surface area (Å²) in [6.45, 7) is 10.8. The van der Waals surface area contributed by atoms with Crippen LogP contribution in [0.4, 0.5) is 11.4 Å². The summed E-state index contributed by atoms with van der Waals surface area (Å²) in [5.41, 5.74) is 3.61. The highest BCUT2D eigenvalue weighted by Crippen LogP contribution is 2.36. The second-order valence-corrected chi connectivity index (χ2v) is 11.9. The van der Waals surface area contributed by atoms with Crippen LogP contribution in [0.2, 0.25) is 0 Å². The first-order valence-corrected chi connectivity index (χ1v) is 13.4. The Kier molecular flexibility index (Phi) is 7.88. The van der Waals surface area contributed by atoms with Crippen molar-refractivity contribution >= 4 is 23.3 Å². The van der Waals surface area contributed by atoms with Gasteiger partial charge in [-0.25, -0.2) is 0 Å². The Balaban J connectivity index is 1.35. The number of aromatic nitrogens is 2. The Labute approximate surface area is 219 Å². The predicted octanol–water partition coefficient (Wildman–Crippen LogP) is 4.30. The molecule has 37 heavy (non-hydrogen) atoms. The number of aliphatic carboxylic acids is 1. The molecule has 2 aromatic rings. The van der Waals surface area contributed by atoms with Gasteiger partial charge in [-0.15, -0.1) is 0 Å². The fourth-order valence-electron chi connectivity index (χ4n) is 5.28. The number of carboxylic acids is 1. The summed E-state index contributed by atoms with van der Waals surface area (Å²) in [6, 6.07) is 8.19. The summed E-state index contributed by atoms with van der Waals surface area (Å²) in [6.07, 6.45) is 7.11. The first kappa shape index (κ1) is 27.0. The maximum Gasteiger partial charge on any atom is 0.306 e. The minimum Gasteiger partial charge on any atom is -0.481 e. The Morgan fingerprint density at radius 3 is 1.89 bits per heavy atom. The lowest BCUT2D eigenvalue weighted by atomic mass is 9.75. The molecular formula is C29H40N4O4. The number of carbonyl (C=O) groups is 2. The van der Waals surface area contributed by atoms with Gasteiger partial charge in [0.2, 0.25) is 5.91 Å². The Morgan fingerprint density at radius 2 is 1.43 bits per heavy atom. The van der Waals surface area contributed by atoms with Crippen LogP contribution in [0, 0.1) is 5.92 Å². The van der Waals surface area contributed by atoms with E-state index in [4.69, 9.17) is 9.97 Å². The smallest absolute Gasteiger partial charge is 0.306 e. The average Bonchev–Trinajstić information content (AvgIpc) is 2.88. The van der Waals surface area contributed by atoms with Crippen LogP contribution in [0.5, 0.6) is 0 Å². The predicted molar refractivity (Wildman–Crippen MR) is 144 cm³/mol. The Hall–Kier alpha value is -3.00. The van der Waals surface area contributed by atoms with Gasteiger partial charge < -0.3 is 20.0 Å². The summed E-state index contributed by atoms with van der Waals surface area (Å²) < 4.78 is 0. The van der Waals surface area contributed by atoms with E-state index >= 15 is 0 Å². The molecule has 8 heteroatoms. The molecule has 4 rings (SSSR count). The van der Waals surface area contributed by atoms with Crippen molar-refractivity contribution in [3.63, 3.8) is 0 Å². The number of carboxylic acid groups (broad SMARTS) is 1. The highest BCUT2D eigenvalue weighted by molar-refractivity contribution is 5.94. The van der Waals surface area contributed by atoms with Crippen molar-refractivity contribution in [2.45, 2.75) is 83.2 Å². The molecule has 0 aliphatic carbocycles. The van der Waals surface area contributed by atoms with Crippen molar-refractivity contribution in [3.05, 3.63) is 48.0 Å². The summed E-state index contributed by atoms with van der Waals surface area (Å²) in [5, 5.41) is 18.9. The maximum absolute atomic E-state index is 12.3. The molecular weight excluding hydrogens is 468 g/mol. The first-order chi connectivity index (χ1) is 17.5. The molecule has 0 radical (unpaired) electrons. The van der Waals surface area contributed by atoms with Gasteiger partial charge in [0, 0.05) is 41.9 Å². The van der Waals surface area contributed by atoms with E-state index < -0.39 is 12.1 Å². The quantitative estimate of drug-likeness (QED) is 0.547. The second kappa shape index (κ2) is 10.8. The van der Waals surface area contributed by atoms with E-state index in [9.17, 15) is 19.8 Å². The molecule has 0 unspecified atom stereocenters. The van der Waals surface area contributed by atoms with E-state index in [0.29, 0.717) is 25.8 Å². The standard InChI is InChI=1S/C29H40N4O4/c1-28(2,24-7-5-21(18-30-24)32-14-9-20(10-15-32)27(36)37)12-13-29(3,4)25-8-6-22(19-31-25)33-16-11-23(34)17-26(33)35/h5-8,18-20,23,34H,9-17H2,1-4H3,(H,36,37)/t23-/m0/s1. The molecule has 2 N–H and O–H groups in total. The van der Waals surface area contributed by atoms with Gasteiger partial charge in [-0.05, 0) is 56.4 Å². The monoisotopic (exact) mass is 508 g/mol. The van der Waals surface area contributed by atoms with Crippen LogP contribution in [-0.4, -0.2) is 57.8 Å². The largest absolute Gasteiger partial charge is 0.481 e. The van der Waals surface area contributed by atoms with Gasteiger partial charge in [-0.3, -0.25) is 19.6 Å². The van der Waals surface area contributed by atoms with E-state index in [-0.39, 0.29) is 29.1 Å². The molecule has 1 amide bonds. The zero-order chi connectivity index (χ0) is 26.8. The molecule has 2 saturated heterocycles. The van der Waals surface area contributed by atoms with Crippen LogP contribution in [0.15, 0.2) is 36.7 Å². The number of hydrogen-bond donors (Lipinski definition) is 2. The molecule has 2 aliphatic rings. The second-order valence-electron chi connectivity index (χ2n) is 11.9. The number of carbonyl (C=O) groups excluding carboxylic acids is 1. The van der Waals surface area contributed by atoms with E-state index in [2.05, 4.69) is 44.7 Å². The van der Waals surface area contributed by atoms with Crippen molar-refractivity contribution in [3.8, 4) is 0 Å². The third-order valence-corrected chi connectivity index (χ3v) is 8.18. The van der Waals surface area contributed by atoms with E-state index in [1.165, 1.54) is 0 Å². The molecule has 2 aromatic heterocycles. The Morgan fingerprint density at radius 1 is 0.892 bits per heavy atom. The molecule has 1 atom stereocenters. The van der Waals surface area contributed by atoms with Gasteiger partial charge in [-0.2, -0.15) is 0 Å². The minimum atomic E-state index is -0.693. The van der Waals surface area contributed by atoms with Gasteiger partial charge in [0.15, 0.2) is 0 Å². The lowest BCUT2D eigenvalue weighted by molar-refractivity contribution is -0.142. The van der Waals surface area contributed by atoms with Crippen molar-refractivity contribution in [2.75, 3.05) is 29.4 Å². The van der Waals surface area contributed by atoms with Crippen LogP contribution in [0.3, 0.4) is 0 Å². The van der Waals surface area contributed by atoms with Gasteiger partial charge in [0.05, 0.1) is 42.2 Å². The average molecular weight is 509 g/mol. The van der Waals surface area contributed by atoms with Crippen molar-refractivity contribution in [2.24, 2.45) is 5.92 Å². The molecule has 2 aliphatic heterocycles. The third-order valence-electron chi connectivity index (χ3n) is 8.18. The van der Waals surface area contributed by atoms with Crippen LogP contribution in [-0.2, 0) is 20.4 Å². The number of nitrogens with zero attached hydrogens (tertiary/aromatic N) is 4. The number of anilines is 2. The highest BCUT2D eigenvalue weighted by atomic mass is 16.4. The fourth-order valence-corrected chi connectivity index (χ4v) is 5.28. The Bertz CT molecular complexity index is 1090. The maximum atomic E-state index is 12.3. The molecule has 0 spiro atoms. The van der Waals surface area contributed by atoms with Crippen molar-refractivity contribution < 1.29 is 19.8 Å². The van der Waals surface area contributed by atoms with Crippen LogP contribution < -0.4 is 9.80 Å². The summed E-state index contributed by atoms with van der Waals surface area (Å²) >= 11 is 0. The van der Waals surface area contributed by atoms with Crippen LogP contribution in [0.25, 0.3) is 0 Å². The molecule has 0 bridgehead atoms. The molecule has 0 saturated carbocycles. The molecule has 0 aromatic carbocycles. The molecule has 4 heterocycles. The van der Waals surface area contributed by atoms with Crippen LogP contribution >= 0.6 is 0 Å². The summed E-state index contributed by atoms with van der Waals surface area (Å²) in [4.78, 5) is 37.0. The first-order valence-electron chi connectivity index (χ1n) is 13.4. The number of aliphatic hydroxyl groups is 1. The van der Waals surface area contributed by atoms with E-state index in [0.717, 1.165) is 48.7 Å². The van der Waals surface area contributed by atoms with Gasteiger partial charge in [0.25, 0.3) is 0 Å². The summed E-state index contributed by atoms with van der Waals surface area (Å²) in [7, 11) is 0. The highest BCUT2D eigenvalue weighted by Gasteiger charge is 2.31. The number of amides is 1. The minimum absolute atomic E-state index is 0.0578. The van der Waals surface area contributed by atoms with Crippen molar-refractivity contribution in [1.29, 1.82) is 0 Å². The molecule has 200 valence electrons. The lowest BCUT2D eigenvalue weighted by Gasteiger charge is -2.33. The van der Waals surface area contributed by atoms with Crippen LogP contribution in [0.1, 0.15) is 77.6 Å². The van der Waals surface area contributed by atoms with E-state index in [1.807, 2.05) is 18.3 Å². The SMILES string of the molecule is CC(C)(CCC(C)(C)c1ccc(N2CC[C@H](O)CC2=O)cn1)c1ccc(N2CCC(C(=O)O)CC2)cn1. The normalized spacial score (nSPS) is 19.8. The van der Waals surface area contributed by atoms with Crippen molar-refractivity contribution in [1.82, 2.24) is 9.97 Å². The summed E-state index contributed by atoms with van der Waals surface area (Å²) in [5.74, 6) is -0.989. The number of aliphatic hydroxyl groups excluding tert-OH is 1. The van der Waals surface area contributed by atoms with E-state index in [1.54, 1.807) is 11.1 Å². The molecule has 8 nitrogen and oxygen atoms in total. The zero-order valence-corrected chi connectivity index (χ0v) is 22.5. The fraction of sp³-hybridized carbons (Fsp3) is 0.586. The van der Waals surface area contributed by atoms with Gasteiger partial charge >= 0.3 is 5.97 Å².